The van der Waals surface area contributed by atoms with Gasteiger partial charge < -0.3 is 0 Å². The highest BCUT2D eigenvalue weighted by Crippen LogP contribution is 2.48. The molecule has 1 aliphatic heterocycles. The fourth-order valence-corrected chi connectivity index (χ4v) is 2.99. The minimum absolute atomic E-state index is 0.180. The maximum absolute atomic E-state index is 4.23. The Hall–Kier alpha value is -0.930. The summed E-state index contributed by atoms with van der Waals surface area (Å²) in [5, 5.41) is 0. The molecule has 1 heterocycles. The van der Waals surface area contributed by atoms with Crippen molar-refractivity contribution in [1.29, 1.82) is 0 Å². The predicted octanol–water partition coefficient (Wildman–Crippen LogP) is 2.32. The molecule has 0 unspecified atom stereocenters. The molecule has 0 atom stereocenters. The highest BCUT2D eigenvalue weighted by molar-refractivity contribution is 5.38. The first-order valence-corrected chi connectivity index (χ1v) is 6.93. The SMILES string of the molecule is C=C/C=C(\N=C)C1(N2CCN(C(C)C)CC2)CC1. The van der Waals surface area contributed by atoms with E-state index < -0.39 is 0 Å². The first kappa shape index (κ1) is 13.5. The van der Waals surface area contributed by atoms with Crippen molar-refractivity contribution < 1.29 is 0 Å². The third kappa shape index (κ3) is 2.43. The van der Waals surface area contributed by atoms with Crippen molar-refractivity contribution in [3.8, 4) is 0 Å². The third-order valence-corrected chi connectivity index (χ3v) is 4.30. The Morgan fingerprint density at radius 1 is 1.22 bits per heavy atom. The van der Waals surface area contributed by atoms with Gasteiger partial charge in [0, 0.05) is 32.2 Å². The zero-order valence-corrected chi connectivity index (χ0v) is 11.7. The van der Waals surface area contributed by atoms with Crippen LogP contribution in [0, 0.1) is 0 Å². The van der Waals surface area contributed by atoms with Crippen molar-refractivity contribution in [2.45, 2.75) is 38.3 Å². The summed E-state index contributed by atoms with van der Waals surface area (Å²) in [4.78, 5) is 9.37. The summed E-state index contributed by atoms with van der Waals surface area (Å²) in [5.74, 6) is 0. The van der Waals surface area contributed by atoms with E-state index in [1.54, 1.807) is 0 Å². The van der Waals surface area contributed by atoms with Gasteiger partial charge in [0.1, 0.15) is 0 Å². The lowest BCUT2D eigenvalue weighted by Gasteiger charge is -2.41. The molecule has 1 saturated carbocycles. The number of nitrogens with zero attached hydrogens (tertiary/aromatic N) is 3. The van der Waals surface area contributed by atoms with E-state index in [4.69, 9.17) is 0 Å². The Balaban J connectivity index is 2.03. The normalized spacial score (nSPS) is 25.2. The first-order valence-electron chi connectivity index (χ1n) is 6.93. The second-order valence-corrected chi connectivity index (χ2v) is 5.59. The topological polar surface area (TPSA) is 18.8 Å². The quantitative estimate of drug-likeness (QED) is 0.548. The lowest BCUT2D eigenvalue weighted by atomic mass is 10.1. The van der Waals surface area contributed by atoms with Crippen LogP contribution in [0.15, 0.2) is 29.4 Å². The van der Waals surface area contributed by atoms with E-state index >= 15 is 0 Å². The van der Waals surface area contributed by atoms with Crippen LogP contribution in [0.5, 0.6) is 0 Å². The highest BCUT2D eigenvalue weighted by atomic mass is 15.3. The number of aliphatic imine (C=N–C) groups is 1. The molecule has 0 bridgehead atoms. The largest absolute Gasteiger partial charge is 0.298 e. The monoisotopic (exact) mass is 247 g/mol. The molecule has 2 aliphatic rings. The zero-order valence-electron chi connectivity index (χ0n) is 11.7. The minimum atomic E-state index is 0.180. The number of allylic oxidation sites excluding steroid dienone is 2. The smallest absolute Gasteiger partial charge is 0.0635 e. The summed E-state index contributed by atoms with van der Waals surface area (Å²) < 4.78 is 0. The Kier molecular flexibility index (Phi) is 4.03. The van der Waals surface area contributed by atoms with Crippen molar-refractivity contribution in [3.05, 3.63) is 24.4 Å². The van der Waals surface area contributed by atoms with Crippen LogP contribution in [-0.4, -0.2) is 54.3 Å². The molecule has 0 radical (unpaired) electrons. The molecule has 3 nitrogen and oxygen atoms in total. The maximum Gasteiger partial charge on any atom is 0.0635 e. The summed E-state index contributed by atoms with van der Waals surface area (Å²) in [6.45, 7) is 16.7. The molecule has 2 rings (SSSR count). The molecule has 0 aromatic rings. The van der Waals surface area contributed by atoms with E-state index in [2.05, 4.69) is 41.9 Å². The summed E-state index contributed by atoms with van der Waals surface area (Å²) in [6, 6.07) is 0.656. The molecule has 1 aliphatic carbocycles. The fourth-order valence-electron chi connectivity index (χ4n) is 2.99. The van der Waals surface area contributed by atoms with Gasteiger partial charge in [0.25, 0.3) is 0 Å². The molecule has 0 aromatic heterocycles. The Morgan fingerprint density at radius 3 is 2.22 bits per heavy atom. The number of rotatable bonds is 5. The van der Waals surface area contributed by atoms with Gasteiger partial charge in [-0.2, -0.15) is 0 Å². The molecular formula is C15H25N3. The molecule has 1 saturated heterocycles. The summed E-state index contributed by atoms with van der Waals surface area (Å²) in [7, 11) is 0. The molecule has 3 heteroatoms. The molecule has 0 amide bonds. The second kappa shape index (κ2) is 5.37. The van der Waals surface area contributed by atoms with E-state index in [1.807, 2.05) is 12.2 Å². The lowest BCUT2D eigenvalue weighted by molar-refractivity contribution is 0.0800. The second-order valence-electron chi connectivity index (χ2n) is 5.59. The standard InChI is InChI=1S/C15H25N3/c1-5-6-14(16-4)15(7-8-15)18-11-9-17(10-12-18)13(2)3/h5-6,13H,1,4,7-12H2,2-3H3/b14-6-. The van der Waals surface area contributed by atoms with Gasteiger partial charge in [-0.05, 0) is 39.5 Å². The van der Waals surface area contributed by atoms with Gasteiger partial charge in [0.15, 0.2) is 0 Å². The summed E-state index contributed by atoms with van der Waals surface area (Å²) in [5.41, 5.74) is 1.29. The maximum atomic E-state index is 4.23. The van der Waals surface area contributed by atoms with Gasteiger partial charge in [0.2, 0.25) is 0 Å². The molecular weight excluding hydrogens is 222 g/mol. The van der Waals surface area contributed by atoms with Crippen LogP contribution in [0.25, 0.3) is 0 Å². The zero-order chi connectivity index (χ0) is 13.2. The Labute approximate surface area is 111 Å². The predicted molar refractivity (Wildman–Crippen MR) is 78.1 cm³/mol. The number of hydrogen-bond donors (Lipinski definition) is 0. The van der Waals surface area contributed by atoms with Crippen LogP contribution in [-0.2, 0) is 0 Å². The van der Waals surface area contributed by atoms with E-state index in [9.17, 15) is 0 Å². The van der Waals surface area contributed by atoms with Gasteiger partial charge in [0.05, 0.1) is 11.2 Å². The Morgan fingerprint density at radius 2 is 1.83 bits per heavy atom. The third-order valence-electron chi connectivity index (χ3n) is 4.30. The van der Waals surface area contributed by atoms with Gasteiger partial charge in [-0.15, -0.1) is 0 Å². The average molecular weight is 247 g/mol. The van der Waals surface area contributed by atoms with Crippen molar-refractivity contribution in [2.24, 2.45) is 4.99 Å². The van der Waals surface area contributed by atoms with Crippen molar-refractivity contribution in [3.63, 3.8) is 0 Å². The van der Waals surface area contributed by atoms with Crippen LogP contribution in [0.3, 0.4) is 0 Å². The van der Waals surface area contributed by atoms with E-state index in [0.717, 1.165) is 31.9 Å². The Bertz CT molecular complexity index is 345. The molecule has 0 aromatic carbocycles. The molecule has 0 spiro atoms. The highest BCUT2D eigenvalue weighted by Gasteiger charge is 2.51. The van der Waals surface area contributed by atoms with Gasteiger partial charge in [-0.1, -0.05) is 12.7 Å². The average Bonchev–Trinajstić information content (AvgIpc) is 3.17. The van der Waals surface area contributed by atoms with Crippen LogP contribution < -0.4 is 0 Å². The number of hydrogen-bond acceptors (Lipinski definition) is 3. The van der Waals surface area contributed by atoms with E-state index in [0.29, 0.717) is 6.04 Å². The number of piperazine rings is 1. The molecule has 18 heavy (non-hydrogen) atoms. The fraction of sp³-hybridized carbons (Fsp3) is 0.667. The van der Waals surface area contributed by atoms with Gasteiger partial charge in [-0.25, -0.2) is 0 Å². The van der Waals surface area contributed by atoms with Crippen LogP contribution >= 0.6 is 0 Å². The molecule has 100 valence electrons. The summed E-state index contributed by atoms with van der Waals surface area (Å²) in [6.07, 6.45) is 6.28. The molecule has 0 N–H and O–H groups in total. The van der Waals surface area contributed by atoms with Gasteiger partial charge in [-0.3, -0.25) is 14.8 Å². The first-order chi connectivity index (χ1) is 8.64. The molecule has 2 fully saturated rings. The van der Waals surface area contributed by atoms with Crippen molar-refractivity contribution in [1.82, 2.24) is 9.80 Å². The lowest BCUT2D eigenvalue weighted by Crippen LogP contribution is -2.53. The van der Waals surface area contributed by atoms with Crippen LogP contribution in [0.1, 0.15) is 26.7 Å². The van der Waals surface area contributed by atoms with Gasteiger partial charge >= 0.3 is 0 Å². The minimum Gasteiger partial charge on any atom is -0.298 e. The van der Waals surface area contributed by atoms with Crippen LogP contribution in [0.4, 0.5) is 0 Å². The van der Waals surface area contributed by atoms with E-state index in [1.165, 1.54) is 12.8 Å². The summed E-state index contributed by atoms with van der Waals surface area (Å²) >= 11 is 0. The van der Waals surface area contributed by atoms with Crippen molar-refractivity contribution >= 4 is 6.72 Å². The van der Waals surface area contributed by atoms with Crippen molar-refractivity contribution in [2.75, 3.05) is 26.2 Å². The van der Waals surface area contributed by atoms with Crippen LogP contribution in [0.2, 0.25) is 0 Å². The van der Waals surface area contributed by atoms with E-state index in [-0.39, 0.29) is 5.54 Å².